The number of piperazine rings is 1. The smallest absolute Gasteiger partial charge is 0.416 e. The van der Waals surface area contributed by atoms with Crippen LogP contribution in [0.3, 0.4) is 0 Å². The molecule has 0 N–H and O–H groups in total. The molecule has 9 heteroatoms. The number of alkyl halides is 3. The van der Waals surface area contributed by atoms with Gasteiger partial charge in [0.15, 0.2) is 0 Å². The zero-order valence-electron chi connectivity index (χ0n) is 17.6. The first-order valence-corrected chi connectivity index (χ1v) is 10.5. The van der Waals surface area contributed by atoms with Gasteiger partial charge in [-0.3, -0.25) is 14.5 Å². The van der Waals surface area contributed by atoms with Crippen molar-refractivity contribution in [2.45, 2.75) is 25.6 Å². The molecule has 2 heterocycles. The van der Waals surface area contributed by atoms with Crippen molar-refractivity contribution in [2.75, 3.05) is 42.6 Å². The van der Waals surface area contributed by atoms with Crippen LogP contribution >= 0.6 is 0 Å². The zero-order chi connectivity index (χ0) is 22.9. The summed E-state index contributed by atoms with van der Waals surface area (Å²) in [5, 5.41) is 0. The fourth-order valence-electron chi connectivity index (χ4n) is 4.22. The Kier molecular flexibility index (Phi) is 6.10. The second kappa shape index (κ2) is 8.82. The van der Waals surface area contributed by atoms with Crippen LogP contribution < -0.4 is 14.5 Å². The molecule has 2 aliphatic rings. The number of imide groups is 1. The number of amides is 2. The number of carbonyl (C=O) groups excluding carboxylic acids is 2. The van der Waals surface area contributed by atoms with E-state index in [-0.39, 0.29) is 18.2 Å². The number of anilines is 2. The molecule has 2 amide bonds. The van der Waals surface area contributed by atoms with Gasteiger partial charge in [-0.05, 0) is 37.3 Å². The molecule has 0 aliphatic carbocycles. The molecule has 170 valence electrons. The molecule has 2 saturated heterocycles. The van der Waals surface area contributed by atoms with Crippen molar-refractivity contribution in [3.63, 3.8) is 0 Å². The molecule has 0 spiro atoms. The number of nitrogens with zero attached hydrogens (tertiary/aromatic N) is 3. The van der Waals surface area contributed by atoms with Crippen LogP contribution in [0.2, 0.25) is 0 Å². The molecule has 4 rings (SSSR count). The first kappa shape index (κ1) is 22.1. The minimum Gasteiger partial charge on any atom is -0.494 e. The Bertz CT molecular complexity index is 1000. The lowest BCUT2D eigenvalue weighted by Crippen LogP contribution is -2.52. The number of ether oxygens (including phenoxy) is 1. The Morgan fingerprint density at radius 1 is 0.969 bits per heavy atom. The molecular formula is C23H24F3N3O3. The fourth-order valence-corrected chi connectivity index (χ4v) is 4.22. The molecule has 2 aromatic rings. The van der Waals surface area contributed by atoms with Crippen LogP contribution in [0.25, 0.3) is 0 Å². The Morgan fingerprint density at radius 3 is 2.34 bits per heavy atom. The Morgan fingerprint density at radius 2 is 1.66 bits per heavy atom. The lowest BCUT2D eigenvalue weighted by molar-refractivity contribution is -0.137. The average Bonchev–Trinajstić information content (AvgIpc) is 3.08. The van der Waals surface area contributed by atoms with Crippen molar-refractivity contribution < 1.29 is 27.5 Å². The summed E-state index contributed by atoms with van der Waals surface area (Å²) in [6, 6.07) is 11.6. The molecule has 6 nitrogen and oxygen atoms in total. The first-order chi connectivity index (χ1) is 15.3. The van der Waals surface area contributed by atoms with Gasteiger partial charge in [-0.15, -0.1) is 0 Å². The van der Waals surface area contributed by atoms with E-state index in [1.54, 1.807) is 30.3 Å². The maximum Gasteiger partial charge on any atom is 0.416 e. The molecule has 0 aromatic heterocycles. The van der Waals surface area contributed by atoms with Crippen LogP contribution in [0.15, 0.2) is 48.5 Å². The third-order valence-electron chi connectivity index (χ3n) is 5.80. The van der Waals surface area contributed by atoms with E-state index in [0.29, 0.717) is 49.9 Å². The molecule has 32 heavy (non-hydrogen) atoms. The fraction of sp³-hybridized carbons (Fsp3) is 0.391. The number of hydrogen-bond donors (Lipinski definition) is 0. The van der Waals surface area contributed by atoms with Crippen molar-refractivity contribution >= 4 is 23.2 Å². The van der Waals surface area contributed by atoms with Crippen LogP contribution in [0, 0.1) is 0 Å². The maximum absolute atomic E-state index is 13.1. The van der Waals surface area contributed by atoms with Crippen molar-refractivity contribution in [2.24, 2.45) is 0 Å². The van der Waals surface area contributed by atoms with Gasteiger partial charge < -0.3 is 9.64 Å². The van der Waals surface area contributed by atoms with Gasteiger partial charge in [0.2, 0.25) is 5.91 Å². The highest BCUT2D eigenvalue weighted by atomic mass is 19.4. The van der Waals surface area contributed by atoms with Crippen LogP contribution in [0.1, 0.15) is 18.9 Å². The first-order valence-electron chi connectivity index (χ1n) is 10.5. The number of halogens is 3. The second-order valence-corrected chi connectivity index (χ2v) is 7.79. The van der Waals surface area contributed by atoms with Crippen LogP contribution in [-0.4, -0.2) is 55.5 Å². The molecule has 0 saturated carbocycles. The van der Waals surface area contributed by atoms with E-state index >= 15 is 0 Å². The predicted octanol–water partition coefficient (Wildman–Crippen LogP) is 3.56. The van der Waals surface area contributed by atoms with Crippen LogP contribution in [0.4, 0.5) is 24.5 Å². The summed E-state index contributed by atoms with van der Waals surface area (Å²) in [4.78, 5) is 30.7. The van der Waals surface area contributed by atoms with E-state index < -0.39 is 17.8 Å². The highest BCUT2D eigenvalue weighted by molar-refractivity contribution is 6.22. The van der Waals surface area contributed by atoms with Crippen LogP contribution in [-0.2, 0) is 15.8 Å². The molecule has 2 aromatic carbocycles. The summed E-state index contributed by atoms with van der Waals surface area (Å²) >= 11 is 0. The topological polar surface area (TPSA) is 53.1 Å². The third kappa shape index (κ3) is 4.43. The molecule has 0 unspecified atom stereocenters. The van der Waals surface area contributed by atoms with Gasteiger partial charge in [-0.25, -0.2) is 4.90 Å². The van der Waals surface area contributed by atoms with Crippen molar-refractivity contribution in [1.29, 1.82) is 0 Å². The summed E-state index contributed by atoms with van der Waals surface area (Å²) in [5.74, 6) is 0.0360. The van der Waals surface area contributed by atoms with Crippen molar-refractivity contribution in [3.8, 4) is 5.75 Å². The van der Waals surface area contributed by atoms with Gasteiger partial charge >= 0.3 is 6.18 Å². The third-order valence-corrected chi connectivity index (χ3v) is 5.80. The lowest BCUT2D eigenvalue weighted by Gasteiger charge is -2.38. The van der Waals surface area contributed by atoms with Crippen LogP contribution in [0.5, 0.6) is 5.75 Å². The molecule has 2 aliphatic heterocycles. The predicted molar refractivity (Wildman–Crippen MR) is 114 cm³/mol. The minimum atomic E-state index is -4.39. The lowest BCUT2D eigenvalue weighted by atomic mass is 10.1. The minimum absolute atomic E-state index is 0.0846. The highest BCUT2D eigenvalue weighted by Gasteiger charge is 2.43. The van der Waals surface area contributed by atoms with Crippen molar-refractivity contribution in [3.05, 3.63) is 54.1 Å². The van der Waals surface area contributed by atoms with Crippen molar-refractivity contribution in [1.82, 2.24) is 4.90 Å². The monoisotopic (exact) mass is 447 g/mol. The molecule has 0 radical (unpaired) electrons. The maximum atomic E-state index is 13.1. The normalized spacial score (nSPS) is 20.2. The van der Waals surface area contributed by atoms with E-state index in [0.717, 1.165) is 12.1 Å². The van der Waals surface area contributed by atoms with Gasteiger partial charge in [-0.1, -0.05) is 12.1 Å². The summed E-state index contributed by atoms with van der Waals surface area (Å²) < 4.78 is 44.5. The molecule has 2 fully saturated rings. The van der Waals surface area contributed by atoms with E-state index in [9.17, 15) is 22.8 Å². The number of carbonyl (C=O) groups is 2. The Balaban J connectivity index is 1.43. The molecular weight excluding hydrogens is 423 g/mol. The van der Waals surface area contributed by atoms with Gasteiger partial charge in [0.05, 0.1) is 30.3 Å². The average molecular weight is 447 g/mol. The summed E-state index contributed by atoms with van der Waals surface area (Å²) in [6.45, 7) is 4.23. The largest absolute Gasteiger partial charge is 0.494 e. The number of rotatable bonds is 5. The summed E-state index contributed by atoms with van der Waals surface area (Å²) in [5.41, 5.74) is 0.303. The van der Waals surface area contributed by atoms with Gasteiger partial charge in [0, 0.05) is 37.9 Å². The van der Waals surface area contributed by atoms with Gasteiger partial charge in [-0.2, -0.15) is 13.2 Å². The summed E-state index contributed by atoms with van der Waals surface area (Å²) in [6.07, 6.45) is -4.31. The van der Waals surface area contributed by atoms with E-state index in [4.69, 9.17) is 4.74 Å². The van der Waals surface area contributed by atoms with Gasteiger partial charge in [0.1, 0.15) is 5.75 Å². The highest BCUT2D eigenvalue weighted by Crippen LogP contribution is 2.33. The van der Waals surface area contributed by atoms with Gasteiger partial charge in [0.25, 0.3) is 5.91 Å². The SMILES string of the molecule is CCOc1cccc(N2C(=O)C[C@@H](N3CCN(c4cccc(C(F)(F)F)c4)CC3)C2=O)c1. The second-order valence-electron chi connectivity index (χ2n) is 7.79. The molecule has 0 bridgehead atoms. The standard InChI is InChI=1S/C23H24F3N3O3/c1-2-32-19-8-4-7-18(14-19)29-21(30)15-20(22(29)31)28-11-9-27(10-12-28)17-6-3-5-16(13-17)23(24,25)26/h3-8,13-14,20H,2,9-12,15H2,1H3/t20-/m1/s1. The summed E-state index contributed by atoms with van der Waals surface area (Å²) in [7, 11) is 0. The number of benzene rings is 2. The molecule has 1 atom stereocenters. The quantitative estimate of drug-likeness (QED) is 0.657. The number of hydrogen-bond acceptors (Lipinski definition) is 5. The van der Waals surface area contributed by atoms with E-state index in [1.807, 2.05) is 16.7 Å². The zero-order valence-corrected chi connectivity index (χ0v) is 17.6. The van der Waals surface area contributed by atoms with E-state index in [2.05, 4.69) is 0 Å². The Labute approximate surface area is 184 Å². The van der Waals surface area contributed by atoms with E-state index in [1.165, 1.54) is 11.0 Å². The Hall–Kier alpha value is -3.07.